The highest BCUT2D eigenvalue weighted by Crippen LogP contribution is 2.39. The Morgan fingerprint density at radius 1 is 1.00 bits per heavy atom. The van der Waals surface area contributed by atoms with Gasteiger partial charge in [-0.25, -0.2) is 4.72 Å². The van der Waals surface area contributed by atoms with Crippen LogP contribution in [0.2, 0.25) is 0 Å². The monoisotopic (exact) mass is 415 g/mol. The summed E-state index contributed by atoms with van der Waals surface area (Å²) in [5.41, 5.74) is -2.36. The molecular weight excluding hydrogens is 395 g/mol. The number of halogens is 6. The van der Waals surface area contributed by atoms with E-state index in [0.717, 1.165) is 19.1 Å². The summed E-state index contributed by atoms with van der Waals surface area (Å²) in [4.78, 5) is -0.362. The van der Waals surface area contributed by atoms with Crippen LogP contribution in [0.25, 0.3) is 0 Å². The highest BCUT2D eigenvalue weighted by Gasteiger charge is 2.52. The number of nitrogens with one attached hydrogen (secondary N) is 1. The molecule has 1 saturated heterocycles. The van der Waals surface area contributed by atoms with Crippen LogP contribution >= 0.6 is 11.9 Å². The highest BCUT2D eigenvalue weighted by atomic mass is 32.2. The Labute approximate surface area is 158 Å². The molecule has 1 aromatic rings. The van der Waals surface area contributed by atoms with Gasteiger partial charge in [0.15, 0.2) is 0 Å². The third-order valence-electron chi connectivity index (χ3n) is 4.67. The molecule has 152 valence electrons. The largest absolute Gasteiger partial charge is 0.494 e. The molecule has 2 rings (SSSR count). The Kier molecular flexibility index (Phi) is 5.94. The molecule has 0 bridgehead atoms. The smallest absolute Gasteiger partial charge is 0.399 e. The van der Waals surface area contributed by atoms with E-state index in [1.807, 2.05) is 4.72 Å². The van der Waals surface area contributed by atoms with Gasteiger partial charge in [-0.3, -0.25) is 0 Å². The lowest BCUT2D eigenvalue weighted by molar-refractivity contribution is -0.146. The molecule has 0 radical (unpaired) electrons. The minimum atomic E-state index is -4.74. The van der Waals surface area contributed by atoms with Crippen LogP contribution < -0.4 is 10.2 Å². The zero-order chi connectivity index (χ0) is 20.8. The zero-order valence-electron chi connectivity index (χ0n) is 15.4. The molecule has 0 saturated carbocycles. The molecule has 0 aromatic heterocycles. The van der Waals surface area contributed by atoms with Crippen molar-refractivity contribution in [3.8, 4) is 0 Å². The fourth-order valence-corrected chi connectivity index (χ4v) is 3.06. The lowest BCUT2D eigenvalue weighted by Gasteiger charge is -2.32. The van der Waals surface area contributed by atoms with Crippen molar-refractivity contribution in [2.45, 2.75) is 69.1 Å². The molecule has 1 aliphatic heterocycles. The van der Waals surface area contributed by atoms with Crippen molar-refractivity contribution in [3.05, 3.63) is 23.8 Å². The standard InChI is InChI=1S/C16H20BF6NO2S/c1-9(15(18,19)20)24-27-12-7-6-10(8-11(12)16(21,22)23)17-25-13(2,3)14(4,5)26-17/h6-9,24H,1-5H3. The van der Waals surface area contributed by atoms with Crippen molar-refractivity contribution < 1.29 is 35.7 Å². The SMILES string of the molecule is CC(NSc1ccc(B2OC(C)(C)C(C)(C)O2)cc1C(F)(F)F)C(F)(F)F. The lowest BCUT2D eigenvalue weighted by atomic mass is 9.78. The topological polar surface area (TPSA) is 30.5 Å². The summed E-state index contributed by atoms with van der Waals surface area (Å²) in [7, 11) is -1.00. The quantitative estimate of drug-likeness (QED) is 0.444. The Balaban J connectivity index is 2.29. The Morgan fingerprint density at radius 2 is 1.52 bits per heavy atom. The lowest BCUT2D eigenvalue weighted by Crippen LogP contribution is -2.41. The van der Waals surface area contributed by atoms with Crippen molar-refractivity contribution in [2.75, 3.05) is 0 Å². The summed E-state index contributed by atoms with van der Waals surface area (Å²) in [5.74, 6) is 0. The van der Waals surface area contributed by atoms with Crippen molar-refractivity contribution in [1.82, 2.24) is 4.72 Å². The molecule has 1 fully saturated rings. The molecule has 27 heavy (non-hydrogen) atoms. The third kappa shape index (κ3) is 4.93. The van der Waals surface area contributed by atoms with E-state index in [0.29, 0.717) is 0 Å². The second kappa shape index (κ2) is 7.16. The summed E-state index contributed by atoms with van der Waals surface area (Å²) in [6.07, 6.45) is -9.31. The van der Waals surface area contributed by atoms with Gasteiger partial charge in [0.25, 0.3) is 0 Å². The first-order valence-corrected chi connectivity index (χ1v) is 8.92. The molecule has 1 heterocycles. The van der Waals surface area contributed by atoms with Gasteiger partial charge in [-0.15, -0.1) is 0 Å². The van der Waals surface area contributed by atoms with Crippen molar-refractivity contribution >= 4 is 24.5 Å². The first-order chi connectivity index (χ1) is 12.0. The van der Waals surface area contributed by atoms with Crippen LogP contribution in [-0.4, -0.2) is 30.5 Å². The van der Waals surface area contributed by atoms with Gasteiger partial charge in [-0.1, -0.05) is 6.07 Å². The molecule has 3 nitrogen and oxygen atoms in total. The predicted octanol–water partition coefficient (Wildman–Crippen LogP) is 4.55. The normalized spacial score (nSPS) is 20.8. The number of alkyl halides is 6. The zero-order valence-corrected chi connectivity index (χ0v) is 16.2. The summed E-state index contributed by atoms with van der Waals surface area (Å²) < 4.78 is 91.5. The van der Waals surface area contributed by atoms with Gasteiger partial charge in [0.05, 0.1) is 16.8 Å². The van der Waals surface area contributed by atoms with E-state index in [-0.39, 0.29) is 22.3 Å². The van der Waals surface area contributed by atoms with E-state index in [1.165, 1.54) is 6.07 Å². The Hall–Kier alpha value is -0.905. The molecule has 1 atom stereocenters. The number of benzene rings is 1. The second-order valence-electron chi connectivity index (χ2n) is 7.32. The van der Waals surface area contributed by atoms with Crippen LogP contribution in [0.4, 0.5) is 26.3 Å². The van der Waals surface area contributed by atoms with Crippen molar-refractivity contribution in [2.24, 2.45) is 0 Å². The first-order valence-electron chi connectivity index (χ1n) is 8.10. The second-order valence-corrected chi connectivity index (χ2v) is 8.20. The summed E-state index contributed by atoms with van der Waals surface area (Å²) in [6, 6.07) is 1.36. The third-order valence-corrected chi connectivity index (χ3v) is 5.72. The Morgan fingerprint density at radius 3 is 1.96 bits per heavy atom. The fraction of sp³-hybridized carbons (Fsp3) is 0.625. The molecule has 0 spiro atoms. The summed E-state index contributed by atoms with van der Waals surface area (Å²) in [5, 5.41) is 0. The molecule has 0 amide bonds. The van der Waals surface area contributed by atoms with Gasteiger partial charge in [-0.2, -0.15) is 26.3 Å². The minimum absolute atomic E-state index is 0.147. The van der Waals surface area contributed by atoms with Crippen LogP contribution in [0.3, 0.4) is 0 Å². The van der Waals surface area contributed by atoms with Gasteiger partial charge in [0.1, 0.15) is 6.04 Å². The molecule has 0 aliphatic carbocycles. The van der Waals surface area contributed by atoms with Gasteiger partial charge >= 0.3 is 19.5 Å². The van der Waals surface area contributed by atoms with E-state index >= 15 is 0 Å². The number of hydrogen-bond donors (Lipinski definition) is 1. The van der Waals surface area contributed by atoms with Gasteiger partial charge in [0, 0.05) is 4.90 Å². The Bertz CT molecular complexity index is 676. The van der Waals surface area contributed by atoms with Crippen LogP contribution in [0.5, 0.6) is 0 Å². The molecule has 1 N–H and O–H groups in total. The molecule has 1 aliphatic rings. The maximum Gasteiger partial charge on any atom is 0.494 e. The van der Waals surface area contributed by atoms with Crippen LogP contribution in [0, 0.1) is 0 Å². The van der Waals surface area contributed by atoms with Crippen molar-refractivity contribution in [1.29, 1.82) is 0 Å². The highest BCUT2D eigenvalue weighted by molar-refractivity contribution is 7.97. The van der Waals surface area contributed by atoms with E-state index in [4.69, 9.17) is 9.31 Å². The first kappa shape index (κ1) is 22.4. The fourth-order valence-electron chi connectivity index (χ4n) is 2.20. The minimum Gasteiger partial charge on any atom is -0.399 e. The maximum absolute atomic E-state index is 13.4. The van der Waals surface area contributed by atoms with E-state index in [9.17, 15) is 26.3 Å². The molecule has 11 heteroatoms. The molecule has 1 unspecified atom stereocenters. The van der Waals surface area contributed by atoms with E-state index < -0.39 is 42.3 Å². The maximum atomic E-state index is 13.4. The van der Waals surface area contributed by atoms with Crippen LogP contribution in [0.15, 0.2) is 23.1 Å². The van der Waals surface area contributed by atoms with Gasteiger partial charge in [0.2, 0.25) is 0 Å². The van der Waals surface area contributed by atoms with E-state index in [2.05, 4.69) is 0 Å². The average molecular weight is 415 g/mol. The summed E-state index contributed by atoms with van der Waals surface area (Å²) >= 11 is 0.288. The summed E-state index contributed by atoms with van der Waals surface area (Å²) in [6.45, 7) is 7.91. The average Bonchev–Trinajstić information content (AvgIpc) is 2.71. The van der Waals surface area contributed by atoms with E-state index in [1.54, 1.807) is 27.7 Å². The van der Waals surface area contributed by atoms with Crippen molar-refractivity contribution in [3.63, 3.8) is 0 Å². The van der Waals surface area contributed by atoms with Crippen LogP contribution in [0.1, 0.15) is 40.2 Å². The van der Waals surface area contributed by atoms with Gasteiger partial charge in [-0.05, 0) is 64.2 Å². The predicted molar refractivity (Wildman–Crippen MR) is 91.7 cm³/mol. The molecular formula is C16H20BF6NO2S. The van der Waals surface area contributed by atoms with Crippen LogP contribution in [-0.2, 0) is 15.5 Å². The number of rotatable bonds is 4. The molecule has 1 aromatic carbocycles. The van der Waals surface area contributed by atoms with Gasteiger partial charge < -0.3 is 9.31 Å². The number of hydrogen-bond acceptors (Lipinski definition) is 4.